The highest BCUT2D eigenvalue weighted by molar-refractivity contribution is 5.99. The number of hydrogen-bond acceptors (Lipinski definition) is 2. The minimum absolute atomic E-state index is 0.124. The van der Waals surface area contributed by atoms with E-state index < -0.39 is 18.0 Å². The van der Waals surface area contributed by atoms with Gasteiger partial charge in [-0.2, -0.15) is 22.0 Å². The van der Waals surface area contributed by atoms with E-state index in [0.717, 1.165) is 0 Å². The van der Waals surface area contributed by atoms with Crippen LogP contribution in [0.25, 0.3) is 0 Å². The van der Waals surface area contributed by atoms with E-state index in [9.17, 15) is 26.7 Å². The molecule has 0 aliphatic heterocycles. The molecule has 19 heavy (non-hydrogen) atoms. The van der Waals surface area contributed by atoms with E-state index in [-0.39, 0.29) is 5.69 Å². The normalized spacial score (nSPS) is 12.2. The zero-order valence-electron chi connectivity index (χ0n) is 10.1. The number of benzene rings is 1. The van der Waals surface area contributed by atoms with Crippen molar-refractivity contribution in [2.24, 2.45) is 0 Å². The zero-order valence-corrected chi connectivity index (χ0v) is 10.1. The number of rotatable bonds is 3. The summed E-state index contributed by atoms with van der Waals surface area (Å²) in [6.07, 6.45) is -5.93. The molecule has 0 atom stereocenters. The molecule has 106 valence electrons. The van der Waals surface area contributed by atoms with Crippen molar-refractivity contribution in [2.75, 3.05) is 24.3 Å². The fourth-order valence-corrected chi connectivity index (χ4v) is 1.30. The summed E-state index contributed by atoms with van der Waals surface area (Å²) in [5.74, 6) is -7.85. The van der Waals surface area contributed by atoms with E-state index in [1.54, 1.807) is 25.5 Å². The molecule has 0 bridgehead atoms. The van der Waals surface area contributed by atoms with Crippen molar-refractivity contribution < 1.29 is 26.7 Å². The number of hydrogen-bond donors (Lipinski definition) is 1. The van der Waals surface area contributed by atoms with Crippen LogP contribution in [0.5, 0.6) is 0 Å². The molecule has 0 aromatic heterocycles. The van der Waals surface area contributed by atoms with Crippen LogP contribution in [0.1, 0.15) is 0 Å². The van der Waals surface area contributed by atoms with Crippen LogP contribution in [-0.2, 0) is 4.79 Å². The molecule has 8 heteroatoms. The van der Waals surface area contributed by atoms with Crippen molar-refractivity contribution in [1.82, 2.24) is 0 Å². The molecular weight excluding hydrogens is 271 g/mol. The Balaban J connectivity index is 3.01. The van der Waals surface area contributed by atoms with Gasteiger partial charge < -0.3 is 10.2 Å². The van der Waals surface area contributed by atoms with Crippen molar-refractivity contribution in [3.8, 4) is 0 Å². The van der Waals surface area contributed by atoms with Crippen LogP contribution in [0.4, 0.5) is 33.3 Å². The van der Waals surface area contributed by atoms with Crippen LogP contribution < -0.4 is 10.2 Å². The average molecular weight is 282 g/mol. The standard InChI is InChI=1S/C11H11F5N2O/c1-18(2)8-6-4-3-5-7(8)17-9(19)10(12,13)11(14,15)16/h3-6H,1-2H3,(H,17,19). The molecule has 0 spiro atoms. The molecule has 0 unspecified atom stereocenters. The van der Waals surface area contributed by atoms with Crippen molar-refractivity contribution in [2.45, 2.75) is 12.1 Å². The maximum absolute atomic E-state index is 12.8. The Bertz CT molecular complexity index is 470. The summed E-state index contributed by atoms with van der Waals surface area (Å²) >= 11 is 0. The smallest absolute Gasteiger partial charge is 0.376 e. The van der Waals surface area contributed by atoms with Gasteiger partial charge in [-0.15, -0.1) is 0 Å². The second-order valence-corrected chi connectivity index (χ2v) is 3.94. The molecule has 0 saturated heterocycles. The van der Waals surface area contributed by atoms with Crippen molar-refractivity contribution >= 4 is 17.3 Å². The Kier molecular flexibility index (Phi) is 4.02. The van der Waals surface area contributed by atoms with Crippen LogP contribution in [-0.4, -0.2) is 32.1 Å². The number of alkyl halides is 5. The lowest BCUT2D eigenvalue weighted by Gasteiger charge is -2.21. The highest BCUT2D eigenvalue weighted by Crippen LogP contribution is 2.37. The number of carbonyl (C=O) groups excluding carboxylic acids is 1. The molecule has 0 heterocycles. The quantitative estimate of drug-likeness (QED) is 0.865. The van der Waals surface area contributed by atoms with Gasteiger partial charge in [0.1, 0.15) is 0 Å². The molecule has 0 fully saturated rings. The van der Waals surface area contributed by atoms with E-state index in [1.807, 2.05) is 0 Å². The number of nitrogens with one attached hydrogen (secondary N) is 1. The lowest BCUT2D eigenvalue weighted by molar-refractivity contribution is -0.267. The highest BCUT2D eigenvalue weighted by atomic mass is 19.4. The first-order valence-electron chi connectivity index (χ1n) is 5.09. The lowest BCUT2D eigenvalue weighted by atomic mass is 10.2. The maximum Gasteiger partial charge on any atom is 0.463 e. The van der Waals surface area contributed by atoms with Crippen molar-refractivity contribution in [1.29, 1.82) is 0 Å². The molecular formula is C11H11F5N2O. The van der Waals surface area contributed by atoms with E-state index in [1.165, 1.54) is 23.1 Å². The molecule has 1 N–H and O–H groups in total. The van der Waals surface area contributed by atoms with Gasteiger partial charge in [0, 0.05) is 14.1 Å². The fourth-order valence-electron chi connectivity index (χ4n) is 1.30. The van der Waals surface area contributed by atoms with Crippen LogP contribution in [0.2, 0.25) is 0 Å². The van der Waals surface area contributed by atoms with Gasteiger partial charge in [0.05, 0.1) is 11.4 Å². The largest absolute Gasteiger partial charge is 0.463 e. The Labute approximate surface area is 106 Å². The van der Waals surface area contributed by atoms with Gasteiger partial charge in [0.2, 0.25) is 0 Å². The van der Waals surface area contributed by atoms with E-state index >= 15 is 0 Å². The van der Waals surface area contributed by atoms with Crippen LogP contribution >= 0.6 is 0 Å². The first-order valence-corrected chi connectivity index (χ1v) is 5.09. The van der Waals surface area contributed by atoms with Gasteiger partial charge in [-0.1, -0.05) is 12.1 Å². The average Bonchev–Trinajstić information content (AvgIpc) is 2.27. The predicted molar refractivity (Wildman–Crippen MR) is 60.4 cm³/mol. The summed E-state index contributed by atoms with van der Waals surface area (Å²) < 4.78 is 61.7. The topological polar surface area (TPSA) is 32.3 Å². The number of nitrogens with zero attached hydrogens (tertiary/aromatic N) is 1. The molecule has 1 aromatic carbocycles. The monoisotopic (exact) mass is 282 g/mol. The van der Waals surface area contributed by atoms with Crippen LogP contribution in [0.3, 0.4) is 0 Å². The predicted octanol–water partition coefficient (Wildman–Crippen LogP) is 2.89. The Morgan fingerprint density at radius 2 is 1.63 bits per heavy atom. The molecule has 0 radical (unpaired) electrons. The molecule has 1 amide bonds. The number of carbonyl (C=O) groups is 1. The first kappa shape index (κ1) is 15.2. The molecule has 1 aromatic rings. The summed E-state index contributed by atoms with van der Waals surface area (Å²) in [7, 11) is 3.12. The van der Waals surface area contributed by atoms with Crippen molar-refractivity contribution in [3.05, 3.63) is 24.3 Å². The third-order valence-corrected chi connectivity index (χ3v) is 2.28. The molecule has 0 saturated carbocycles. The third kappa shape index (κ3) is 3.12. The SMILES string of the molecule is CN(C)c1ccccc1NC(=O)C(F)(F)C(F)(F)F. The summed E-state index contributed by atoms with van der Waals surface area (Å²) in [5.41, 5.74) is 0.190. The lowest BCUT2D eigenvalue weighted by Crippen LogP contribution is -2.47. The van der Waals surface area contributed by atoms with Gasteiger partial charge >= 0.3 is 18.0 Å². The van der Waals surface area contributed by atoms with E-state index in [4.69, 9.17) is 0 Å². The van der Waals surface area contributed by atoms with Gasteiger partial charge in [0.25, 0.3) is 0 Å². The number of amides is 1. The van der Waals surface area contributed by atoms with Gasteiger partial charge in [-0.3, -0.25) is 4.79 Å². The Hall–Kier alpha value is -1.86. The van der Waals surface area contributed by atoms with Gasteiger partial charge in [-0.05, 0) is 12.1 Å². The molecule has 0 aliphatic rings. The fraction of sp³-hybridized carbons (Fsp3) is 0.364. The third-order valence-electron chi connectivity index (χ3n) is 2.28. The summed E-state index contributed by atoms with van der Waals surface area (Å²) in [4.78, 5) is 12.5. The molecule has 0 aliphatic carbocycles. The summed E-state index contributed by atoms with van der Waals surface area (Å²) in [6, 6.07) is 5.68. The minimum Gasteiger partial charge on any atom is -0.376 e. The van der Waals surface area contributed by atoms with Crippen molar-refractivity contribution in [3.63, 3.8) is 0 Å². The Morgan fingerprint density at radius 1 is 1.11 bits per heavy atom. The maximum atomic E-state index is 12.8. The van der Waals surface area contributed by atoms with Gasteiger partial charge in [0.15, 0.2) is 0 Å². The zero-order chi connectivity index (χ0) is 14.8. The molecule has 3 nitrogen and oxygen atoms in total. The second kappa shape index (κ2) is 5.02. The van der Waals surface area contributed by atoms with Crippen LogP contribution in [0.15, 0.2) is 24.3 Å². The minimum atomic E-state index is -5.93. The van der Waals surface area contributed by atoms with Gasteiger partial charge in [-0.25, -0.2) is 0 Å². The summed E-state index contributed by atoms with van der Waals surface area (Å²) in [5, 5.41) is 1.59. The number of para-hydroxylation sites is 2. The number of halogens is 5. The van der Waals surface area contributed by atoms with E-state index in [0.29, 0.717) is 5.69 Å². The number of anilines is 2. The van der Waals surface area contributed by atoms with Crippen LogP contribution in [0, 0.1) is 0 Å². The second-order valence-electron chi connectivity index (χ2n) is 3.94. The highest BCUT2D eigenvalue weighted by Gasteiger charge is 2.63. The molecule has 1 rings (SSSR count). The van der Waals surface area contributed by atoms with E-state index in [2.05, 4.69) is 0 Å². The first-order chi connectivity index (χ1) is 8.57. The Morgan fingerprint density at radius 3 is 2.11 bits per heavy atom. The summed E-state index contributed by atoms with van der Waals surface area (Å²) in [6.45, 7) is 0.